The number of hydrogen-bond acceptors (Lipinski definition) is 6. The van der Waals surface area contributed by atoms with E-state index in [9.17, 15) is 14.9 Å². The number of amides is 1. The maximum Gasteiger partial charge on any atom is 0.340 e. The van der Waals surface area contributed by atoms with Gasteiger partial charge in [0.15, 0.2) is 0 Å². The Bertz CT molecular complexity index is 914. The van der Waals surface area contributed by atoms with Gasteiger partial charge in [0.25, 0.3) is 5.91 Å². The first kappa shape index (κ1) is 21.5. The number of carbonyl (C=O) groups is 2. The van der Waals surface area contributed by atoms with Crippen molar-refractivity contribution in [2.45, 2.75) is 13.3 Å². The molecule has 2 N–H and O–H groups in total. The van der Waals surface area contributed by atoms with Gasteiger partial charge >= 0.3 is 5.97 Å². The fraction of sp³-hybridized carbons (Fsp3) is 0.227. The molecule has 0 fully saturated rings. The second-order valence-electron chi connectivity index (χ2n) is 5.93. The Morgan fingerprint density at radius 2 is 1.86 bits per heavy atom. The van der Waals surface area contributed by atoms with Gasteiger partial charge in [-0.15, -0.1) is 0 Å². The fourth-order valence-electron chi connectivity index (χ4n) is 2.50. The number of anilines is 1. The first-order valence-electron chi connectivity index (χ1n) is 9.13. The summed E-state index contributed by atoms with van der Waals surface area (Å²) in [5, 5.41) is 14.8. The van der Waals surface area contributed by atoms with Gasteiger partial charge in [0, 0.05) is 12.7 Å². The molecule has 0 saturated heterocycles. The third-order valence-electron chi connectivity index (χ3n) is 4.02. The second kappa shape index (κ2) is 11.1. The molecule has 0 radical (unpaired) electrons. The highest BCUT2D eigenvalue weighted by Gasteiger charge is 2.12. The maximum absolute atomic E-state index is 12.3. The van der Waals surface area contributed by atoms with E-state index >= 15 is 0 Å². The van der Waals surface area contributed by atoms with E-state index in [4.69, 9.17) is 9.47 Å². The number of para-hydroxylation sites is 1. The number of carbonyl (C=O) groups excluding carboxylic acids is 2. The van der Waals surface area contributed by atoms with Crippen LogP contribution in [0.4, 0.5) is 5.69 Å². The van der Waals surface area contributed by atoms with Crippen LogP contribution in [0, 0.1) is 11.3 Å². The predicted molar refractivity (Wildman–Crippen MR) is 109 cm³/mol. The predicted octanol–water partition coefficient (Wildman–Crippen LogP) is 3.05. The van der Waals surface area contributed by atoms with Crippen LogP contribution < -0.4 is 15.4 Å². The number of hydrogen-bond donors (Lipinski definition) is 2. The summed E-state index contributed by atoms with van der Waals surface area (Å²) in [6.07, 6.45) is 1.90. The smallest absolute Gasteiger partial charge is 0.340 e. The van der Waals surface area contributed by atoms with E-state index in [0.717, 1.165) is 11.3 Å². The minimum atomic E-state index is -0.498. The Morgan fingerprint density at radius 3 is 2.52 bits per heavy atom. The number of rotatable bonds is 9. The number of methoxy groups -OCH3 is 1. The number of benzene rings is 2. The van der Waals surface area contributed by atoms with Crippen LogP contribution in [0.15, 0.2) is 60.3 Å². The molecule has 0 unspecified atom stereocenters. The summed E-state index contributed by atoms with van der Waals surface area (Å²) in [5.74, 6) is -0.213. The van der Waals surface area contributed by atoms with E-state index in [-0.39, 0.29) is 12.2 Å². The van der Waals surface area contributed by atoms with E-state index in [1.807, 2.05) is 30.3 Å². The molecule has 2 rings (SSSR count). The van der Waals surface area contributed by atoms with Crippen LogP contribution in [-0.4, -0.2) is 32.1 Å². The van der Waals surface area contributed by atoms with E-state index in [2.05, 4.69) is 10.6 Å². The molecule has 2 aromatic rings. The Kier molecular flexibility index (Phi) is 8.27. The maximum atomic E-state index is 12.3. The number of nitriles is 1. The van der Waals surface area contributed by atoms with Crippen LogP contribution in [0.3, 0.4) is 0 Å². The SMILES string of the molecule is CCOC(=O)c1ccccc1N/C=C(/C#N)C(=O)NCCc1ccc(OC)cc1. The molecule has 2 aromatic carbocycles. The van der Waals surface area contributed by atoms with E-state index in [1.165, 1.54) is 6.20 Å². The van der Waals surface area contributed by atoms with Crippen molar-refractivity contribution in [3.63, 3.8) is 0 Å². The van der Waals surface area contributed by atoms with Crippen LogP contribution in [0.5, 0.6) is 5.75 Å². The summed E-state index contributed by atoms with van der Waals surface area (Å²) in [6, 6.07) is 16.1. The standard InChI is InChI=1S/C22H23N3O4/c1-3-29-22(27)19-6-4-5-7-20(19)25-15-17(14-23)21(26)24-13-12-16-8-10-18(28-2)11-9-16/h4-11,15,25H,3,12-13H2,1-2H3,(H,24,26)/b17-15-. The first-order valence-corrected chi connectivity index (χ1v) is 9.13. The summed E-state index contributed by atoms with van der Waals surface area (Å²) in [6.45, 7) is 2.35. The summed E-state index contributed by atoms with van der Waals surface area (Å²) in [5.41, 5.74) is 1.71. The highest BCUT2D eigenvalue weighted by molar-refractivity contribution is 5.98. The van der Waals surface area contributed by atoms with Crippen LogP contribution in [0.25, 0.3) is 0 Å². The number of nitrogens with zero attached hydrogens (tertiary/aromatic N) is 1. The molecule has 7 heteroatoms. The molecular formula is C22H23N3O4. The molecule has 0 aromatic heterocycles. The van der Waals surface area contributed by atoms with E-state index < -0.39 is 11.9 Å². The average Bonchev–Trinajstić information content (AvgIpc) is 2.75. The van der Waals surface area contributed by atoms with Crippen molar-refractivity contribution in [2.75, 3.05) is 25.6 Å². The summed E-state index contributed by atoms with van der Waals surface area (Å²) >= 11 is 0. The van der Waals surface area contributed by atoms with Crippen LogP contribution in [-0.2, 0) is 16.0 Å². The molecule has 0 bridgehead atoms. The Labute approximate surface area is 169 Å². The van der Waals surface area contributed by atoms with Crippen LogP contribution in [0.2, 0.25) is 0 Å². The highest BCUT2D eigenvalue weighted by Crippen LogP contribution is 2.17. The minimum absolute atomic E-state index is 0.0987. The van der Waals surface area contributed by atoms with Crippen molar-refractivity contribution in [2.24, 2.45) is 0 Å². The molecule has 29 heavy (non-hydrogen) atoms. The Morgan fingerprint density at radius 1 is 1.14 bits per heavy atom. The lowest BCUT2D eigenvalue weighted by Gasteiger charge is -2.09. The van der Waals surface area contributed by atoms with Crippen LogP contribution in [0.1, 0.15) is 22.8 Å². The van der Waals surface area contributed by atoms with Crippen LogP contribution >= 0.6 is 0 Å². The van der Waals surface area contributed by atoms with Gasteiger partial charge in [0.1, 0.15) is 17.4 Å². The van der Waals surface area contributed by atoms with Gasteiger partial charge in [-0.25, -0.2) is 4.79 Å². The third-order valence-corrected chi connectivity index (χ3v) is 4.02. The van der Waals surface area contributed by atoms with Gasteiger partial charge in [0.05, 0.1) is 25.0 Å². The normalized spacial score (nSPS) is 10.6. The molecule has 0 spiro atoms. The van der Waals surface area contributed by atoms with Crippen molar-refractivity contribution in [3.8, 4) is 11.8 Å². The second-order valence-corrected chi connectivity index (χ2v) is 5.93. The fourth-order valence-corrected chi connectivity index (χ4v) is 2.50. The number of ether oxygens (including phenoxy) is 2. The zero-order valence-electron chi connectivity index (χ0n) is 16.4. The first-order chi connectivity index (χ1) is 14.1. The highest BCUT2D eigenvalue weighted by atomic mass is 16.5. The quantitative estimate of drug-likeness (QED) is 0.386. The van der Waals surface area contributed by atoms with Gasteiger partial charge in [-0.3, -0.25) is 4.79 Å². The van der Waals surface area contributed by atoms with E-state index in [1.54, 1.807) is 38.3 Å². The lowest BCUT2D eigenvalue weighted by Crippen LogP contribution is -2.27. The van der Waals surface area contributed by atoms with Crippen molar-refractivity contribution in [1.82, 2.24) is 5.32 Å². The van der Waals surface area contributed by atoms with Gasteiger partial charge in [-0.2, -0.15) is 5.26 Å². The van der Waals surface area contributed by atoms with Gasteiger partial charge in [0.2, 0.25) is 0 Å². The summed E-state index contributed by atoms with van der Waals surface area (Å²) in [4.78, 5) is 24.2. The monoisotopic (exact) mass is 393 g/mol. The topological polar surface area (TPSA) is 100 Å². The van der Waals surface area contributed by atoms with Crippen molar-refractivity contribution < 1.29 is 19.1 Å². The lowest BCUT2D eigenvalue weighted by molar-refractivity contribution is -0.117. The zero-order chi connectivity index (χ0) is 21.1. The molecule has 0 atom stereocenters. The van der Waals surface area contributed by atoms with Gasteiger partial charge < -0.3 is 20.1 Å². The van der Waals surface area contributed by atoms with E-state index in [0.29, 0.717) is 24.2 Å². The molecule has 7 nitrogen and oxygen atoms in total. The van der Waals surface area contributed by atoms with Crippen molar-refractivity contribution in [1.29, 1.82) is 5.26 Å². The molecular weight excluding hydrogens is 370 g/mol. The molecule has 0 saturated carbocycles. The molecule has 0 aliphatic rings. The summed E-state index contributed by atoms with van der Waals surface area (Å²) in [7, 11) is 1.60. The lowest BCUT2D eigenvalue weighted by atomic mass is 10.1. The van der Waals surface area contributed by atoms with Gasteiger partial charge in [-0.05, 0) is 43.2 Å². The molecule has 1 amide bonds. The summed E-state index contributed by atoms with van der Waals surface area (Å²) < 4.78 is 10.1. The molecule has 0 aliphatic heterocycles. The Hall–Kier alpha value is -3.79. The molecule has 0 aliphatic carbocycles. The van der Waals surface area contributed by atoms with Crippen molar-refractivity contribution in [3.05, 3.63) is 71.4 Å². The third kappa shape index (κ3) is 6.40. The molecule has 150 valence electrons. The Balaban J connectivity index is 1.96. The largest absolute Gasteiger partial charge is 0.497 e. The number of esters is 1. The molecule has 0 heterocycles. The number of nitrogens with one attached hydrogen (secondary N) is 2. The van der Waals surface area contributed by atoms with Crippen molar-refractivity contribution >= 4 is 17.6 Å². The van der Waals surface area contributed by atoms with Gasteiger partial charge in [-0.1, -0.05) is 24.3 Å². The minimum Gasteiger partial charge on any atom is -0.497 e. The average molecular weight is 393 g/mol. The zero-order valence-corrected chi connectivity index (χ0v) is 16.4.